The number of benzene rings is 1. The lowest BCUT2D eigenvalue weighted by molar-refractivity contribution is 0.0944. The molecule has 0 bridgehead atoms. The van der Waals surface area contributed by atoms with Gasteiger partial charge in [-0.2, -0.15) is 0 Å². The predicted octanol–water partition coefficient (Wildman–Crippen LogP) is 3.96. The predicted molar refractivity (Wildman–Crippen MR) is 96.1 cm³/mol. The normalized spacial score (nSPS) is 13.4. The third-order valence-electron chi connectivity index (χ3n) is 3.25. The van der Waals surface area contributed by atoms with Gasteiger partial charge in [-0.05, 0) is 44.7 Å². The van der Waals surface area contributed by atoms with Crippen LogP contribution in [0.25, 0.3) is 0 Å². The highest BCUT2D eigenvalue weighted by Gasteiger charge is 2.25. The van der Waals surface area contributed by atoms with Crippen LogP contribution in [0.4, 0.5) is 0 Å². The number of rotatable bonds is 7. The molecule has 0 spiro atoms. The van der Waals surface area contributed by atoms with Crippen molar-refractivity contribution >= 4 is 12.4 Å². The molecule has 0 aliphatic carbocycles. The van der Waals surface area contributed by atoms with Crippen molar-refractivity contribution in [3.63, 3.8) is 0 Å². The molecule has 0 amide bonds. The first-order chi connectivity index (χ1) is 9.57. The average molecular weight is 330 g/mol. The topological polar surface area (TPSA) is 41.5 Å². The summed E-state index contributed by atoms with van der Waals surface area (Å²) in [5.74, 6) is 0.800. The van der Waals surface area contributed by atoms with E-state index in [2.05, 4.69) is 39.9 Å². The molecule has 22 heavy (non-hydrogen) atoms. The molecule has 1 unspecified atom stereocenters. The molecule has 2 N–H and O–H groups in total. The second kappa shape index (κ2) is 8.76. The molecule has 1 atom stereocenters. The van der Waals surface area contributed by atoms with Crippen molar-refractivity contribution in [1.29, 1.82) is 0 Å². The lowest BCUT2D eigenvalue weighted by Gasteiger charge is -2.34. The van der Waals surface area contributed by atoms with E-state index in [-0.39, 0.29) is 23.4 Å². The van der Waals surface area contributed by atoms with Crippen LogP contribution in [0.15, 0.2) is 24.3 Å². The minimum absolute atomic E-state index is 0. The van der Waals surface area contributed by atoms with Crippen LogP contribution in [-0.4, -0.2) is 29.9 Å². The monoisotopic (exact) mass is 329 g/mol. The van der Waals surface area contributed by atoms with Gasteiger partial charge in [0.1, 0.15) is 18.5 Å². The van der Waals surface area contributed by atoms with E-state index in [0.29, 0.717) is 13.2 Å². The molecule has 4 heteroatoms. The Bertz CT molecular complexity index is 424. The minimum Gasteiger partial charge on any atom is -0.491 e. The van der Waals surface area contributed by atoms with E-state index < -0.39 is 6.10 Å². The molecule has 0 aliphatic heterocycles. The zero-order valence-corrected chi connectivity index (χ0v) is 15.6. The molecule has 128 valence electrons. The Morgan fingerprint density at radius 2 is 1.64 bits per heavy atom. The van der Waals surface area contributed by atoms with E-state index in [1.807, 2.05) is 31.2 Å². The second-order valence-electron chi connectivity index (χ2n) is 7.78. The summed E-state index contributed by atoms with van der Waals surface area (Å²) >= 11 is 0. The molecule has 1 aromatic carbocycles. The molecule has 0 saturated carbocycles. The van der Waals surface area contributed by atoms with Gasteiger partial charge in [-0.25, -0.2) is 0 Å². The number of aliphatic hydroxyl groups excluding tert-OH is 1. The molecular weight excluding hydrogens is 298 g/mol. The van der Waals surface area contributed by atoms with Crippen LogP contribution in [-0.2, 0) is 0 Å². The second-order valence-corrected chi connectivity index (χ2v) is 7.78. The van der Waals surface area contributed by atoms with Crippen molar-refractivity contribution in [2.75, 3.05) is 13.2 Å². The minimum atomic E-state index is -0.509. The van der Waals surface area contributed by atoms with Gasteiger partial charge in [-0.3, -0.25) is 0 Å². The first kappa shape index (κ1) is 21.2. The Hall–Kier alpha value is -0.770. The fourth-order valence-electron chi connectivity index (χ4n) is 2.67. The maximum atomic E-state index is 10.0. The molecular formula is C18H32ClNO2. The summed E-state index contributed by atoms with van der Waals surface area (Å²) in [7, 11) is 0. The SMILES string of the molecule is Cc1ccc(OCC(O)CNC(C)(C)CC(C)(C)C)cc1.Cl. The van der Waals surface area contributed by atoms with Gasteiger partial charge < -0.3 is 15.2 Å². The third-order valence-corrected chi connectivity index (χ3v) is 3.25. The molecule has 0 aromatic heterocycles. The summed E-state index contributed by atoms with van der Waals surface area (Å²) in [5, 5.41) is 13.5. The Balaban J connectivity index is 0.00000441. The van der Waals surface area contributed by atoms with Crippen LogP contribution in [0.5, 0.6) is 5.75 Å². The number of halogens is 1. The van der Waals surface area contributed by atoms with Crippen molar-refractivity contribution in [3.8, 4) is 5.75 Å². The van der Waals surface area contributed by atoms with Gasteiger partial charge in [0.25, 0.3) is 0 Å². The smallest absolute Gasteiger partial charge is 0.119 e. The van der Waals surface area contributed by atoms with Crippen LogP contribution in [0.3, 0.4) is 0 Å². The fourth-order valence-corrected chi connectivity index (χ4v) is 2.67. The highest BCUT2D eigenvalue weighted by Crippen LogP contribution is 2.26. The van der Waals surface area contributed by atoms with Gasteiger partial charge in [-0.15, -0.1) is 12.4 Å². The summed E-state index contributed by atoms with van der Waals surface area (Å²) < 4.78 is 5.60. The molecule has 0 aliphatic rings. The lowest BCUT2D eigenvalue weighted by atomic mass is 9.82. The molecule has 3 nitrogen and oxygen atoms in total. The number of ether oxygens (including phenoxy) is 1. The van der Waals surface area contributed by atoms with Crippen LogP contribution >= 0.6 is 12.4 Å². The van der Waals surface area contributed by atoms with E-state index in [1.165, 1.54) is 5.56 Å². The number of aryl methyl sites for hydroxylation is 1. The standard InChI is InChI=1S/C18H31NO2.ClH/c1-14-7-9-16(10-8-14)21-12-15(20)11-19-18(5,6)13-17(2,3)4;/h7-10,15,19-20H,11-13H2,1-6H3;1H. The van der Waals surface area contributed by atoms with Gasteiger partial charge in [0, 0.05) is 12.1 Å². The van der Waals surface area contributed by atoms with Gasteiger partial charge in [0.2, 0.25) is 0 Å². The summed E-state index contributed by atoms with van der Waals surface area (Å²) in [6.07, 6.45) is 0.538. The van der Waals surface area contributed by atoms with Crippen molar-refractivity contribution in [2.45, 2.75) is 59.6 Å². The van der Waals surface area contributed by atoms with Crippen LogP contribution in [0.2, 0.25) is 0 Å². The first-order valence-electron chi connectivity index (χ1n) is 7.70. The molecule has 0 radical (unpaired) electrons. The van der Waals surface area contributed by atoms with Gasteiger partial charge in [-0.1, -0.05) is 38.5 Å². The summed E-state index contributed by atoms with van der Waals surface area (Å²) in [6.45, 7) is 13.9. The molecule has 1 rings (SSSR count). The first-order valence-corrected chi connectivity index (χ1v) is 7.70. The molecule has 0 saturated heterocycles. The Morgan fingerprint density at radius 3 is 2.14 bits per heavy atom. The molecule has 0 heterocycles. The van der Waals surface area contributed by atoms with E-state index >= 15 is 0 Å². The average Bonchev–Trinajstić information content (AvgIpc) is 2.33. The quantitative estimate of drug-likeness (QED) is 0.795. The fraction of sp³-hybridized carbons (Fsp3) is 0.667. The van der Waals surface area contributed by atoms with Crippen LogP contribution < -0.4 is 10.1 Å². The van der Waals surface area contributed by atoms with Gasteiger partial charge in [0.15, 0.2) is 0 Å². The highest BCUT2D eigenvalue weighted by molar-refractivity contribution is 5.85. The Morgan fingerprint density at radius 1 is 1.09 bits per heavy atom. The number of nitrogens with one attached hydrogen (secondary N) is 1. The number of hydrogen-bond acceptors (Lipinski definition) is 3. The zero-order valence-electron chi connectivity index (χ0n) is 14.8. The molecule has 0 fully saturated rings. The number of hydrogen-bond donors (Lipinski definition) is 2. The van der Waals surface area contributed by atoms with Crippen molar-refractivity contribution < 1.29 is 9.84 Å². The largest absolute Gasteiger partial charge is 0.491 e. The summed E-state index contributed by atoms with van der Waals surface area (Å²) in [6, 6.07) is 7.87. The Kier molecular flexibility index (Phi) is 8.45. The number of aliphatic hydroxyl groups is 1. The summed E-state index contributed by atoms with van der Waals surface area (Å²) in [4.78, 5) is 0. The van der Waals surface area contributed by atoms with Gasteiger partial charge in [0.05, 0.1) is 0 Å². The third kappa shape index (κ3) is 9.29. The Labute approximate surface area is 141 Å². The van der Waals surface area contributed by atoms with E-state index in [0.717, 1.165) is 12.2 Å². The van der Waals surface area contributed by atoms with Crippen LogP contribution in [0, 0.1) is 12.3 Å². The van der Waals surface area contributed by atoms with Gasteiger partial charge >= 0.3 is 0 Å². The number of β-amino-alcohol motifs (C(OH)–C–C–N with tert-alkyl or cyclic N) is 1. The zero-order chi connectivity index (χ0) is 16.1. The maximum absolute atomic E-state index is 10.0. The summed E-state index contributed by atoms with van der Waals surface area (Å²) in [5.41, 5.74) is 1.47. The van der Waals surface area contributed by atoms with Crippen molar-refractivity contribution in [3.05, 3.63) is 29.8 Å². The van der Waals surface area contributed by atoms with Crippen LogP contribution in [0.1, 0.15) is 46.6 Å². The highest BCUT2D eigenvalue weighted by atomic mass is 35.5. The van der Waals surface area contributed by atoms with E-state index in [4.69, 9.17) is 4.74 Å². The van der Waals surface area contributed by atoms with Crippen molar-refractivity contribution in [1.82, 2.24) is 5.32 Å². The molecule has 1 aromatic rings. The van der Waals surface area contributed by atoms with E-state index in [1.54, 1.807) is 0 Å². The lowest BCUT2D eigenvalue weighted by Crippen LogP contribution is -2.46. The van der Waals surface area contributed by atoms with Crippen molar-refractivity contribution in [2.24, 2.45) is 5.41 Å². The maximum Gasteiger partial charge on any atom is 0.119 e. The van der Waals surface area contributed by atoms with E-state index in [9.17, 15) is 5.11 Å².